The maximum absolute atomic E-state index is 12.1. The minimum atomic E-state index is 0.00507. The fraction of sp³-hybridized carbons (Fsp3) is 0.462. The predicted molar refractivity (Wildman–Crippen MR) is 92.1 cm³/mol. The Bertz CT molecular complexity index is 487. The first-order valence-corrected chi connectivity index (χ1v) is 8.71. The van der Waals surface area contributed by atoms with E-state index in [1.807, 2.05) is 19.2 Å². The third kappa shape index (κ3) is 4.27. The van der Waals surface area contributed by atoms with E-state index in [4.69, 9.17) is 0 Å². The summed E-state index contributed by atoms with van der Waals surface area (Å²) in [5, 5.41) is 6.20. The van der Waals surface area contributed by atoms with E-state index in [0.29, 0.717) is 12.6 Å². The molecule has 1 amide bonds. The van der Waals surface area contributed by atoms with Crippen molar-refractivity contribution in [2.75, 3.05) is 32.0 Å². The lowest BCUT2D eigenvalue weighted by molar-refractivity contribution is -0.117. The van der Waals surface area contributed by atoms with Crippen LogP contribution in [0.1, 0.15) is 6.42 Å². The summed E-state index contributed by atoms with van der Waals surface area (Å²) < 4.78 is 2.65. The first-order chi connectivity index (χ1) is 9.49. The number of rotatable bonds is 4. The molecule has 7 heteroatoms. The molecule has 1 aromatic rings. The van der Waals surface area contributed by atoms with Crippen molar-refractivity contribution in [1.29, 1.82) is 0 Å². The fourth-order valence-electron chi connectivity index (χ4n) is 2.26. The molecule has 2 N–H and O–H groups in total. The van der Waals surface area contributed by atoms with Crippen molar-refractivity contribution in [3.05, 3.63) is 25.6 Å². The van der Waals surface area contributed by atoms with Crippen LogP contribution in [0.3, 0.4) is 0 Å². The van der Waals surface area contributed by atoms with E-state index in [1.54, 1.807) is 0 Å². The van der Waals surface area contributed by atoms with E-state index in [9.17, 15) is 4.79 Å². The van der Waals surface area contributed by atoms with E-state index in [0.717, 1.165) is 38.6 Å². The SMILES string of the molecule is CNC1CCN(CC(=O)Nc2c(Br)cc(Br)cc2Br)C1. The van der Waals surface area contributed by atoms with Gasteiger partial charge in [0.1, 0.15) is 0 Å². The van der Waals surface area contributed by atoms with Gasteiger partial charge in [-0.05, 0) is 57.5 Å². The van der Waals surface area contributed by atoms with Crippen LogP contribution in [0.5, 0.6) is 0 Å². The number of hydrogen-bond donors (Lipinski definition) is 2. The average molecular weight is 470 g/mol. The molecule has 1 fully saturated rings. The number of nitrogens with zero attached hydrogens (tertiary/aromatic N) is 1. The molecule has 1 aliphatic rings. The molecule has 0 aliphatic carbocycles. The molecule has 1 unspecified atom stereocenters. The number of likely N-dealkylation sites (tertiary alicyclic amines) is 1. The Kier molecular flexibility index (Phi) is 6.04. The van der Waals surface area contributed by atoms with Crippen molar-refractivity contribution in [2.45, 2.75) is 12.5 Å². The zero-order chi connectivity index (χ0) is 14.7. The minimum absolute atomic E-state index is 0.00507. The van der Waals surface area contributed by atoms with Gasteiger partial charge in [0, 0.05) is 32.5 Å². The number of benzene rings is 1. The molecule has 20 heavy (non-hydrogen) atoms. The van der Waals surface area contributed by atoms with Crippen LogP contribution < -0.4 is 10.6 Å². The van der Waals surface area contributed by atoms with Gasteiger partial charge in [0.25, 0.3) is 0 Å². The van der Waals surface area contributed by atoms with Crippen LogP contribution in [0.25, 0.3) is 0 Å². The number of nitrogens with one attached hydrogen (secondary N) is 2. The Morgan fingerprint density at radius 3 is 2.55 bits per heavy atom. The number of hydrogen-bond acceptors (Lipinski definition) is 3. The number of likely N-dealkylation sites (N-methyl/N-ethyl adjacent to an activating group) is 1. The van der Waals surface area contributed by atoms with Gasteiger partial charge in [-0.3, -0.25) is 9.69 Å². The van der Waals surface area contributed by atoms with E-state index in [1.165, 1.54) is 0 Å². The number of halogens is 3. The van der Waals surface area contributed by atoms with Gasteiger partial charge in [-0.15, -0.1) is 0 Å². The summed E-state index contributed by atoms with van der Waals surface area (Å²) in [5.41, 5.74) is 0.766. The van der Waals surface area contributed by atoms with Gasteiger partial charge in [-0.2, -0.15) is 0 Å². The van der Waals surface area contributed by atoms with Crippen LogP contribution >= 0.6 is 47.8 Å². The van der Waals surface area contributed by atoms with E-state index >= 15 is 0 Å². The second-order valence-electron chi connectivity index (χ2n) is 4.80. The molecule has 0 saturated carbocycles. The monoisotopic (exact) mass is 467 g/mol. The number of amides is 1. The van der Waals surface area contributed by atoms with Gasteiger partial charge in [0.2, 0.25) is 5.91 Å². The number of carbonyl (C=O) groups excluding carboxylic acids is 1. The molecule has 0 bridgehead atoms. The molecule has 1 atom stereocenters. The number of anilines is 1. The predicted octanol–water partition coefficient (Wildman–Crippen LogP) is 3.21. The first kappa shape index (κ1) is 16.4. The third-order valence-electron chi connectivity index (χ3n) is 3.32. The summed E-state index contributed by atoms with van der Waals surface area (Å²) >= 11 is 10.3. The van der Waals surface area contributed by atoms with Crippen LogP contribution in [0, 0.1) is 0 Å². The zero-order valence-electron chi connectivity index (χ0n) is 11.0. The topological polar surface area (TPSA) is 44.4 Å². The van der Waals surface area contributed by atoms with Crippen LogP contribution in [0.2, 0.25) is 0 Å². The second-order valence-corrected chi connectivity index (χ2v) is 7.43. The summed E-state index contributed by atoms with van der Waals surface area (Å²) in [5.74, 6) is 0.00507. The highest BCUT2D eigenvalue weighted by Crippen LogP contribution is 2.34. The molecule has 1 saturated heterocycles. The van der Waals surface area contributed by atoms with Crippen molar-refractivity contribution < 1.29 is 4.79 Å². The minimum Gasteiger partial charge on any atom is -0.323 e. The molecular weight excluding hydrogens is 454 g/mol. The van der Waals surface area contributed by atoms with Crippen molar-refractivity contribution in [1.82, 2.24) is 10.2 Å². The summed E-state index contributed by atoms with van der Waals surface area (Å²) in [6.45, 7) is 2.31. The van der Waals surface area contributed by atoms with Crippen molar-refractivity contribution in [3.63, 3.8) is 0 Å². The lowest BCUT2D eigenvalue weighted by Gasteiger charge is -2.16. The van der Waals surface area contributed by atoms with Gasteiger partial charge >= 0.3 is 0 Å². The molecule has 110 valence electrons. The van der Waals surface area contributed by atoms with Gasteiger partial charge in [-0.1, -0.05) is 15.9 Å². The first-order valence-electron chi connectivity index (χ1n) is 6.33. The maximum atomic E-state index is 12.1. The third-order valence-corrected chi connectivity index (χ3v) is 5.03. The molecule has 0 aromatic heterocycles. The fourth-order valence-corrected chi connectivity index (χ4v) is 4.71. The van der Waals surface area contributed by atoms with Gasteiger partial charge in [0.05, 0.1) is 12.2 Å². The van der Waals surface area contributed by atoms with Crippen molar-refractivity contribution >= 4 is 59.4 Å². The lowest BCUT2D eigenvalue weighted by Crippen LogP contribution is -2.34. The molecule has 4 nitrogen and oxygen atoms in total. The Morgan fingerprint density at radius 1 is 1.35 bits per heavy atom. The van der Waals surface area contributed by atoms with Gasteiger partial charge in [-0.25, -0.2) is 0 Å². The standard InChI is InChI=1S/C13H16Br3N3O/c1-17-9-2-3-19(6-9)7-12(20)18-13-10(15)4-8(14)5-11(13)16/h4-5,9,17H,2-3,6-7H2,1H3,(H,18,20). The summed E-state index contributed by atoms with van der Waals surface area (Å²) in [6.07, 6.45) is 1.09. The zero-order valence-corrected chi connectivity index (χ0v) is 15.8. The highest BCUT2D eigenvalue weighted by atomic mass is 79.9. The maximum Gasteiger partial charge on any atom is 0.238 e. The van der Waals surface area contributed by atoms with Crippen LogP contribution in [0.4, 0.5) is 5.69 Å². The highest BCUT2D eigenvalue weighted by Gasteiger charge is 2.23. The number of carbonyl (C=O) groups is 1. The summed E-state index contributed by atoms with van der Waals surface area (Å²) in [6, 6.07) is 4.31. The van der Waals surface area contributed by atoms with E-state index in [-0.39, 0.29) is 5.91 Å². The van der Waals surface area contributed by atoms with Crippen molar-refractivity contribution in [3.8, 4) is 0 Å². The molecule has 1 aliphatic heterocycles. The Morgan fingerprint density at radius 2 is 2.00 bits per heavy atom. The van der Waals surface area contributed by atoms with Gasteiger partial charge in [0.15, 0.2) is 0 Å². The van der Waals surface area contributed by atoms with Crippen LogP contribution in [-0.4, -0.2) is 43.5 Å². The Labute approximate surface area is 144 Å². The second kappa shape index (κ2) is 7.35. The lowest BCUT2D eigenvalue weighted by atomic mass is 10.3. The Balaban J connectivity index is 1.95. The smallest absolute Gasteiger partial charge is 0.238 e. The van der Waals surface area contributed by atoms with Crippen LogP contribution in [0.15, 0.2) is 25.6 Å². The molecule has 0 radical (unpaired) electrons. The van der Waals surface area contributed by atoms with E-state index in [2.05, 4.69) is 63.3 Å². The normalized spacial score (nSPS) is 19.3. The molecule has 0 spiro atoms. The van der Waals surface area contributed by atoms with Crippen molar-refractivity contribution in [2.24, 2.45) is 0 Å². The molecule has 2 rings (SSSR count). The highest BCUT2D eigenvalue weighted by molar-refractivity contribution is 9.11. The largest absolute Gasteiger partial charge is 0.323 e. The van der Waals surface area contributed by atoms with Gasteiger partial charge < -0.3 is 10.6 Å². The quantitative estimate of drug-likeness (QED) is 0.711. The Hall–Kier alpha value is 0.0500. The molecular formula is C13H16Br3N3O. The molecule has 1 heterocycles. The van der Waals surface area contributed by atoms with Crippen LogP contribution in [-0.2, 0) is 4.79 Å². The molecule has 1 aromatic carbocycles. The average Bonchev–Trinajstić information content (AvgIpc) is 2.81. The summed E-state index contributed by atoms with van der Waals surface area (Å²) in [4.78, 5) is 14.3. The summed E-state index contributed by atoms with van der Waals surface area (Å²) in [7, 11) is 1.96. The van der Waals surface area contributed by atoms with E-state index < -0.39 is 0 Å².